The molecule has 0 bridgehead atoms. The van der Waals surface area contributed by atoms with Crippen LogP contribution in [0.5, 0.6) is 0 Å². The molecule has 0 aliphatic rings. The van der Waals surface area contributed by atoms with E-state index in [0.29, 0.717) is 11.4 Å². The van der Waals surface area contributed by atoms with Crippen molar-refractivity contribution in [3.05, 3.63) is 300 Å². The van der Waals surface area contributed by atoms with Crippen molar-refractivity contribution in [1.82, 2.24) is 19.9 Å². The molecule has 6 heteroatoms. The van der Waals surface area contributed by atoms with Gasteiger partial charge in [-0.3, -0.25) is 9.97 Å². The zero-order valence-corrected chi connectivity index (χ0v) is 38.9. The van der Waals surface area contributed by atoms with Crippen LogP contribution >= 0.6 is 0 Å². The molecule has 10 aromatic rings. The molecule has 0 aliphatic carbocycles. The van der Waals surface area contributed by atoms with Crippen molar-refractivity contribution in [1.29, 1.82) is 0 Å². The fourth-order valence-corrected chi connectivity index (χ4v) is 8.66. The van der Waals surface area contributed by atoms with Gasteiger partial charge in [0.05, 0.1) is 10.8 Å². The number of aromatic nitrogens is 4. The van der Waals surface area contributed by atoms with Crippen LogP contribution in [0.2, 0.25) is 0 Å². The summed E-state index contributed by atoms with van der Waals surface area (Å²) in [6.07, 6.45) is 0. The van der Waals surface area contributed by atoms with Gasteiger partial charge in [-0.15, -0.1) is 95.3 Å². The second kappa shape index (κ2) is 19.8. The van der Waals surface area contributed by atoms with Crippen molar-refractivity contribution in [2.75, 3.05) is 0 Å². The fraction of sp³-hybridized carbons (Fsp3) is 0.0345. The van der Waals surface area contributed by atoms with Gasteiger partial charge in [0.1, 0.15) is 0 Å². The van der Waals surface area contributed by atoms with Crippen LogP contribution in [0.4, 0.5) is 0 Å². The number of nitrogens with zero attached hydrogens (tertiary/aromatic N) is 4. The Hall–Kier alpha value is -6.70. The Bertz CT molecular complexity index is 2770. The van der Waals surface area contributed by atoms with Crippen molar-refractivity contribution in [3.8, 4) is 33.9 Å². The minimum atomic E-state index is -0.925. The number of pyridine rings is 4. The minimum absolute atomic E-state index is 0. The van der Waals surface area contributed by atoms with E-state index in [0.717, 1.165) is 67.5 Å². The monoisotopic (exact) mass is 1180 g/mol. The Balaban J connectivity index is 0.00000280. The predicted molar refractivity (Wildman–Crippen MR) is 246 cm³/mol. The largest absolute Gasteiger partial charge is 2.00 e. The van der Waals surface area contributed by atoms with Gasteiger partial charge >= 0.3 is 42.1 Å². The van der Waals surface area contributed by atoms with Gasteiger partial charge < -0.3 is 9.97 Å². The summed E-state index contributed by atoms with van der Waals surface area (Å²) in [6.45, 7) is 0. The Morgan fingerprint density at radius 1 is 0.266 bits per heavy atom. The number of hydrogen-bond donors (Lipinski definition) is 0. The molecule has 0 spiro atoms. The predicted octanol–water partition coefficient (Wildman–Crippen LogP) is 12.2. The molecule has 0 aliphatic heterocycles. The standard InChI is InChI=1S/C58H38N4.2Pt/c1-7-23-43(24-8-1)49-35-19-39-53(59-49)57(45-27-11-3-12-28-45,46-29-13-4-14-30-46)55-41-21-37-51(61-55)52-38-22-42-56(62-52)58(47-31-15-5-16-32-47,48-33-17-6-18-34-48)54-40-20-36-50(60-54)44-25-9-2-10-26-44;;/h1-23,25,27-36,39-42H;;/q-4;2*+2. The van der Waals surface area contributed by atoms with Crippen LogP contribution in [0, 0.1) is 24.3 Å². The maximum Gasteiger partial charge on any atom is 2.00 e. The first-order valence-electron chi connectivity index (χ1n) is 20.6. The van der Waals surface area contributed by atoms with Gasteiger partial charge in [0.2, 0.25) is 0 Å². The summed E-state index contributed by atoms with van der Waals surface area (Å²) in [5.41, 5.74) is 10.1. The Labute approximate surface area is 403 Å². The maximum atomic E-state index is 5.53. The zero-order valence-electron chi connectivity index (χ0n) is 34.4. The van der Waals surface area contributed by atoms with Crippen molar-refractivity contribution in [2.24, 2.45) is 0 Å². The van der Waals surface area contributed by atoms with E-state index in [-0.39, 0.29) is 42.1 Å². The molecule has 4 heterocycles. The quantitative estimate of drug-likeness (QED) is 0.121. The van der Waals surface area contributed by atoms with Crippen LogP contribution in [0.25, 0.3) is 33.9 Å². The first-order valence-corrected chi connectivity index (χ1v) is 20.6. The van der Waals surface area contributed by atoms with Gasteiger partial charge in [-0.05, 0) is 57.2 Å². The Kier molecular flexibility index (Phi) is 13.6. The molecule has 0 atom stereocenters. The number of hydrogen-bond acceptors (Lipinski definition) is 4. The molecule has 4 nitrogen and oxygen atoms in total. The van der Waals surface area contributed by atoms with Crippen molar-refractivity contribution in [3.63, 3.8) is 0 Å². The molecule has 310 valence electrons. The molecule has 6 aromatic carbocycles. The molecule has 64 heavy (non-hydrogen) atoms. The van der Waals surface area contributed by atoms with Crippen LogP contribution in [0.3, 0.4) is 0 Å². The van der Waals surface area contributed by atoms with Gasteiger partial charge in [0.15, 0.2) is 0 Å². The Morgan fingerprint density at radius 2 is 0.594 bits per heavy atom. The number of benzene rings is 6. The average molecular weight is 1180 g/mol. The molecule has 10 rings (SSSR count). The third kappa shape index (κ3) is 8.17. The van der Waals surface area contributed by atoms with Crippen LogP contribution < -0.4 is 0 Å². The van der Waals surface area contributed by atoms with E-state index < -0.39 is 10.8 Å². The smallest absolute Gasteiger partial charge is 0.352 e. The maximum absolute atomic E-state index is 5.53. The van der Waals surface area contributed by atoms with Crippen LogP contribution in [-0.4, -0.2) is 19.9 Å². The van der Waals surface area contributed by atoms with E-state index in [1.54, 1.807) is 0 Å². The molecule has 4 aromatic heterocycles. The van der Waals surface area contributed by atoms with Crippen molar-refractivity contribution < 1.29 is 42.1 Å². The van der Waals surface area contributed by atoms with E-state index in [2.05, 4.69) is 146 Å². The van der Waals surface area contributed by atoms with Crippen LogP contribution in [0.15, 0.2) is 231 Å². The minimum Gasteiger partial charge on any atom is -0.352 e. The molecule has 0 fully saturated rings. The molecule has 0 radical (unpaired) electrons. The zero-order chi connectivity index (χ0) is 41.6. The molecule has 0 unspecified atom stereocenters. The molecular formula is C58H38N4Pt2. The summed E-state index contributed by atoms with van der Waals surface area (Å²) in [7, 11) is 0. The van der Waals surface area contributed by atoms with E-state index in [9.17, 15) is 0 Å². The first kappa shape index (κ1) is 43.9. The summed E-state index contributed by atoms with van der Waals surface area (Å²) in [6, 6.07) is 91.9. The van der Waals surface area contributed by atoms with Gasteiger partial charge in [0, 0.05) is 11.4 Å². The third-order valence-corrected chi connectivity index (χ3v) is 11.4. The van der Waals surface area contributed by atoms with Crippen LogP contribution in [0.1, 0.15) is 45.0 Å². The summed E-state index contributed by atoms with van der Waals surface area (Å²) < 4.78 is 0. The summed E-state index contributed by atoms with van der Waals surface area (Å²) in [5.74, 6) is 0. The van der Waals surface area contributed by atoms with Crippen LogP contribution in [-0.2, 0) is 53.0 Å². The van der Waals surface area contributed by atoms with Crippen molar-refractivity contribution in [2.45, 2.75) is 10.8 Å². The molecule has 0 N–H and O–H groups in total. The van der Waals surface area contributed by atoms with E-state index in [1.165, 1.54) is 0 Å². The third-order valence-electron chi connectivity index (χ3n) is 11.4. The molecular weight excluding hydrogens is 1140 g/mol. The first-order chi connectivity index (χ1) is 30.7. The topological polar surface area (TPSA) is 51.6 Å². The second-order valence-corrected chi connectivity index (χ2v) is 15.0. The van der Waals surface area contributed by atoms with E-state index in [1.807, 2.05) is 109 Å². The normalized spacial score (nSPS) is 11.2. The van der Waals surface area contributed by atoms with E-state index in [4.69, 9.17) is 19.9 Å². The van der Waals surface area contributed by atoms with E-state index >= 15 is 0 Å². The average Bonchev–Trinajstić information content (AvgIpc) is 3.37. The second-order valence-electron chi connectivity index (χ2n) is 15.0. The Morgan fingerprint density at radius 3 is 0.922 bits per heavy atom. The summed E-state index contributed by atoms with van der Waals surface area (Å²) >= 11 is 0. The SMILES string of the molecule is [Pt+2].[Pt+2].[c-]1ccccc1-c1cccc(C(c2ccccc2)(c2ccccc2)c2cc[c-]c(-c3[c-]ccc(C(c4ccccc4)(c4ccccc4)c4cccc(-c5[c-]cccc5)n4)n3)n2)n1. The van der Waals surface area contributed by atoms with Gasteiger partial charge in [-0.25, -0.2) is 12.1 Å². The van der Waals surface area contributed by atoms with Crippen molar-refractivity contribution >= 4 is 0 Å². The molecule has 0 saturated heterocycles. The van der Waals surface area contributed by atoms with Gasteiger partial charge in [-0.1, -0.05) is 146 Å². The van der Waals surface area contributed by atoms with Gasteiger partial charge in [0.25, 0.3) is 0 Å². The fourth-order valence-electron chi connectivity index (χ4n) is 8.66. The van der Waals surface area contributed by atoms with Gasteiger partial charge in [-0.2, -0.15) is 12.1 Å². The summed E-state index contributed by atoms with van der Waals surface area (Å²) in [4.78, 5) is 21.9. The molecule has 0 amide bonds. The molecule has 0 saturated carbocycles. The summed E-state index contributed by atoms with van der Waals surface area (Å²) in [5, 5.41) is 0. The number of rotatable bonds is 11.